The van der Waals surface area contributed by atoms with Gasteiger partial charge in [-0.1, -0.05) is 44.2 Å². The van der Waals surface area contributed by atoms with E-state index in [4.69, 9.17) is 14.6 Å². The first-order chi connectivity index (χ1) is 16.4. The Morgan fingerprint density at radius 3 is 2.26 bits per heavy atom. The molecule has 1 aliphatic carbocycles. The van der Waals surface area contributed by atoms with Crippen molar-refractivity contribution < 1.29 is 24.2 Å². The van der Waals surface area contributed by atoms with Crippen molar-refractivity contribution in [2.45, 2.75) is 58.5 Å². The minimum absolute atomic E-state index is 0.0770. The van der Waals surface area contributed by atoms with Crippen LogP contribution in [-0.4, -0.2) is 60.2 Å². The summed E-state index contributed by atoms with van der Waals surface area (Å²) in [4.78, 5) is 28.0. The van der Waals surface area contributed by atoms with Crippen molar-refractivity contribution in [3.8, 4) is 0 Å². The summed E-state index contributed by atoms with van der Waals surface area (Å²) < 4.78 is 12.6. The summed E-state index contributed by atoms with van der Waals surface area (Å²) >= 11 is 0. The van der Waals surface area contributed by atoms with Crippen molar-refractivity contribution in [2.75, 3.05) is 32.3 Å². The van der Waals surface area contributed by atoms with Gasteiger partial charge in [0.25, 0.3) is 0 Å². The molecule has 0 unspecified atom stereocenters. The van der Waals surface area contributed by atoms with Gasteiger partial charge in [-0.3, -0.25) is 14.4 Å². The van der Waals surface area contributed by atoms with E-state index in [0.717, 1.165) is 31.2 Å². The molecule has 0 aliphatic heterocycles. The monoisotopic (exact) mass is 471 g/mol. The Kier molecular flexibility index (Phi) is 9.24. The number of amides is 1. The Balaban J connectivity index is 2.10. The molecular weight excluding hydrogens is 434 g/mol. The lowest BCUT2D eigenvalue weighted by molar-refractivity contribution is -0.124. The summed E-state index contributed by atoms with van der Waals surface area (Å²) in [7, 11) is 3.13. The van der Waals surface area contributed by atoms with Crippen molar-refractivity contribution in [1.29, 1.82) is 0 Å². The molecule has 186 valence electrons. The largest absolute Gasteiger partial charge is 0.477 e. The molecule has 34 heavy (non-hydrogen) atoms. The fraction of sp³-hybridized carbons (Fsp3) is 0.577. The molecule has 1 aliphatic rings. The lowest BCUT2D eigenvalue weighted by Crippen LogP contribution is -2.49. The van der Waals surface area contributed by atoms with Crippen LogP contribution in [0.1, 0.15) is 61.1 Å². The van der Waals surface area contributed by atoms with Gasteiger partial charge in [0.2, 0.25) is 5.91 Å². The van der Waals surface area contributed by atoms with Crippen LogP contribution in [0.25, 0.3) is 0 Å². The second kappa shape index (κ2) is 12.1. The van der Waals surface area contributed by atoms with Gasteiger partial charge in [-0.2, -0.15) is 5.10 Å². The van der Waals surface area contributed by atoms with Crippen LogP contribution in [0.15, 0.2) is 30.3 Å². The van der Waals surface area contributed by atoms with Crippen LogP contribution in [0, 0.1) is 11.8 Å². The summed E-state index contributed by atoms with van der Waals surface area (Å²) in [6.07, 6.45) is 4.02. The van der Waals surface area contributed by atoms with Crippen molar-refractivity contribution >= 4 is 17.7 Å². The number of anilines is 1. The lowest BCUT2D eigenvalue weighted by Gasteiger charge is -2.34. The molecule has 1 saturated carbocycles. The van der Waals surface area contributed by atoms with Gasteiger partial charge in [-0.25, -0.2) is 4.79 Å². The zero-order chi connectivity index (χ0) is 24.7. The number of carbonyl (C=O) groups excluding carboxylic acids is 1. The Labute approximate surface area is 201 Å². The van der Waals surface area contributed by atoms with Gasteiger partial charge in [-0.05, 0) is 43.6 Å². The molecule has 0 radical (unpaired) electrons. The molecule has 0 bridgehead atoms. The molecule has 1 N–H and O–H groups in total. The first-order valence-electron chi connectivity index (χ1n) is 12.1. The summed E-state index contributed by atoms with van der Waals surface area (Å²) in [5.41, 5.74) is 1.68. The number of rotatable bonds is 11. The van der Waals surface area contributed by atoms with E-state index in [1.54, 1.807) is 23.8 Å². The number of carboxylic acid groups (broad SMARTS) is 1. The average Bonchev–Trinajstić information content (AvgIpc) is 3.18. The second-order valence-electron chi connectivity index (χ2n) is 9.18. The molecule has 1 aromatic heterocycles. The summed E-state index contributed by atoms with van der Waals surface area (Å²) in [6, 6.07) is 9.29. The third-order valence-corrected chi connectivity index (χ3v) is 6.68. The molecule has 1 heterocycles. The SMILES string of the molecule is CCc1c(C(=O)O)c(N(C(=O)C2CCC(C)CC2)C(COC)COC)nn1Cc1ccccc1. The highest BCUT2D eigenvalue weighted by Gasteiger charge is 2.38. The summed E-state index contributed by atoms with van der Waals surface area (Å²) in [5.74, 6) is -0.575. The zero-order valence-corrected chi connectivity index (χ0v) is 20.7. The van der Waals surface area contributed by atoms with E-state index < -0.39 is 12.0 Å². The van der Waals surface area contributed by atoms with Gasteiger partial charge < -0.3 is 14.6 Å². The Bertz CT molecular complexity index is 945. The fourth-order valence-electron chi connectivity index (χ4n) is 4.86. The van der Waals surface area contributed by atoms with E-state index in [0.29, 0.717) is 24.6 Å². The molecule has 0 spiro atoms. The predicted molar refractivity (Wildman–Crippen MR) is 130 cm³/mol. The number of nitrogens with zero attached hydrogens (tertiary/aromatic N) is 3. The summed E-state index contributed by atoms with van der Waals surface area (Å²) in [5, 5.41) is 15.0. The smallest absolute Gasteiger partial charge is 0.341 e. The topological polar surface area (TPSA) is 93.9 Å². The van der Waals surface area contributed by atoms with Gasteiger partial charge in [0.15, 0.2) is 5.82 Å². The zero-order valence-electron chi connectivity index (χ0n) is 20.7. The number of ether oxygens (including phenoxy) is 2. The van der Waals surface area contributed by atoms with E-state index in [9.17, 15) is 14.7 Å². The number of hydrogen-bond donors (Lipinski definition) is 1. The molecule has 1 aromatic carbocycles. The Hall–Kier alpha value is -2.71. The van der Waals surface area contributed by atoms with Gasteiger partial charge in [0.1, 0.15) is 5.56 Å². The van der Waals surface area contributed by atoms with Crippen molar-refractivity contribution in [2.24, 2.45) is 11.8 Å². The minimum atomic E-state index is -1.09. The standard InChI is InChI=1S/C26H37N3O5/c1-5-22-23(26(31)32)24(27-28(22)15-19-9-7-6-8-10-19)29(21(16-33-3)17-34-4)25(30)20-13-11-18(2)12-14-20/h6-10,18,20-21H,5,11-17H2,1-4H3,(H,31,32). The predicted octanol–water partition coefficient (Wildman–Crippen LogP) is 4.01. The maximum Gasteiger partial charge on any atom is 0.341 e. The normalized spacial score (nSPS) is 18.3. The molecule has 8 heteroatoms. The number of hydrogen-bond acceptors (Lipinski definition) is 5. The van der Waals surface area contributed by atoms with Crippen LogP contribution < -0.4 is 4.90 Å². The Morgan fingerprint density at radius 1 is 1.12 bits per heavy atom. The average molecular weight is 472 g/mol. The number of carbonyl (C=O) groups is 2. The van der Waals surface area contributed by atoms with E-state index in [2.05, 4.69) is 6.92 Å². The highest BCUT2D eigenvalue weighted by Crippen LogP contribution is 2.34. The molecule has 0 atom stereocenters. The molecule has 8 nitrogen and oxygen atoms in total. The van der Waals surface area contributed by atoms with Crippen LogP contribution in [0.4, 0.5) is 5.82 Å². The van der Waals surface area contributed by atoms with Gasteiger partial charge >= 0.3 is 5.97 Å². The van der Waals surface area contributed by atoms with Gasteiger partial charge in [0, 0.05) is 20.1 Å². The number of methoxy groups -OCH3 is 2. The van der Waals surface area contributed by atoms with Crippen molar-refractivity contribution in [3.63, 3.8) is 0 Å². The molecule has 0 saturated heterocycles. The molecular formula is C26H37N3O5. The molecule has 3 rings (SSSR count). The van der Waals surface area contributed by atoms with Crippen molar-refractivity contribution in [1.82, 2.24) is 9.78 Å². The fourth-order valence-corrected chi connectivity index (χ4v) is 4.86. The van der Waals surface area contributed by atoms with E-state index in [1.165, 1.54) is 0 Å². The first-order valence-corrected chi connectivity index (χ1v) is 12.1. The highest BCUT2D eigenvalue weighted by molar-refractivity contribution is 6.02. The number of carboxylic acids is 1. The third kappa shape index (κ3) is 5.85. The van der Waals surface area contributed by atoms with E-state index in [-0.39, 0.29) is 36.4 Å². The number of benzene rings is 1. The number of aromatic carboxylic acids is 1. The maximum atomic E-state index is 13.9. The van der Waals surface area contributed by atoms with E-state index in [1.807, 2.05) is 37.3 Å². The second-order valence-corrected chi connectivity index (χ2v) is 9.18. The Morgan fingerprint density at radius 2 is 1.74 bits per heavy atom. The molecule has 1 fully saturated rings. The minimum Gasteiger partial charge on any atom is -0.477 e. The molecule has 2 aromatic rings. The van der Waals surface area contributed by atoms with Crippen LogP contribution in [0.3, 0.4) is 0 Å². The van der Waals surface area contributed by atoms with Crippen molar-refractivity contribution in [3.05, 3.63) is 47.2 Å². The highest BCUT2D eigenvalue weighted by atomic mass is 16.5. The maximum absolute atomic E-state index is 13.9. The lowest BCUT2D eigenvalue weighted by atomic mass is 9.82. The first kappa shape index (κ1) is 25.9. The van der Waals surface area contributed by atoms with Crippen LogP contribution in [0.2, 0.25) is 0 Å². The quantitative estimate of drug-likeness (QED) is 0.532. The van der Waals surface area contributed by atoms with Crippen LogP contribution >= 0.6 is 0 Å². The molecule has 1 amide bonds. The van der Waals surface area contributed by atoms with Gasteiger partial charge in [-0.15, -0.1) is 0 Å². The van der Waals surface area contributed by atoms with E-state index >= 15 is 0 Å². The van der Waals surface area contributed by atoms with Gasteiger partial charge in [0.05, 0.1) is 31.5 Å². The van der Waals surface area contributed by atoms with Crippen LogP contribution in [0.5, 0.6) is 0 Å². The van der Waals surface area contributed by atoms with Crippen LogP contribution in [-0.2, 0) is 27.2 Å². The third-order valence-electron chi connectivity index (χ3n) is 6.68. The summed E-state index contributed by atoms with van der Waals surface area (Å²) in [6.45, 7) is 4.97. The number of aromatic nitrogens is 2.